The number of Topliss-reactive ketones (excluding diaryl/α,β-unsaturated/α-hetero) is 1. The molecule has 4 nitrogen and oxygen atoms in total. The lowest BCUT2D eigenvalue weighted by Crippen LogP contribution is -2.41. The van der Waals surface area contributed by atoms with Crippen LogP contribution in [0.15, 0.2) is 48.5 Å². The van der Waals surface area contributed by atoms with Crippen molar-refractivity contribution in [3.8, 4) is 5.75 Å². The molecule has 2 aliphatic heterocycles. The monoisotopic (exact) mass is 363 g/mol. The van der Waals surface area contributed by atoms with Crippen LogP contribution in [-0.2, 0) is 17.6 Å². The number of hydrogen-bond donors (Lipinski definition) is 0. The number of benzene rings is 2. The van der Waals surface area contributed by atoms with E-state index in [0.717, 1.165) is 49.2 Å². The van der Waals surface area contributed by atoms with Crippen molar-refractivity contribution < 1.29 is 14.3 Å². The van der Waals surface area contributed by atoms with E-state index in [1.54, 1.807) is 0 Å². The maximum atomic E-state index is 12.7. The lowest BCUT2D eigenvalue weighted by molar-refractivity contribution is -0.131. The van der Waals surface area contributed by atoms with Crippen LogP contribution in [0.25, 0.3) is 0 Å². The molecule has 0 N–H and O–H groups in total. The fraction of sp³-hybridized carbons (Fsp3) is 0.391. The van der Waals surface area contributed by atoms with Gasteiger partial charge in [0.2, 0.25) is 5.91 Å². The Kier molecular flexibility index (Phi) is 5.23. The number of fused-ring (bicyclic) bond motifs is 1. The Morgan fingerprint density at radius 3 is 2.59 bits per heavy atom. The van der Waals surface area contributed by atoms with Crippen LogP contribution in [0.1, 0.15) is 40.7 Å². The van der Waals surface area contributed by atoms with Gasteiger partial charge in [0.15, 0.2) is 5.78 Å². The summed E-state index contributed by atoms with van der Waals surface area (Å²) in [4.78, 5) is 27.2. The van der Waals surface area contributed by atoms with E-state index in [4.69, 9.17) is 4.74 Å². The van der Waals surface area contributed by atoms with E-state index in [1.807, 2.05) is 47.4 Å². The van der Waals surface area contributed by atoms with E-state index in [9.17, 15) is 9.59 Å². The number of carbonyl (C=O) groups is 2. The van der Waals surface area contributed by atoms with Crippen LogP contribution in [0.5, 0.6) is 5.75 Å². The summed E-state index contributed by atoms with van der Waals surface area (Å²) in [5.41, 5.74) is 3.03. The van der Waals surface area contributed by atoms with Crippen LogP contribution in [0.4, 0.5) is 0 Å². The third kappa shape index (κ3) is 4.05. The van der Waals surface area contributed by atoms with Gasteiger partial charge in [0.1, 0.15) is 5.75 Å². The highest BCUT2D eigenvalue weighted by Gasteiger charge is 2.28. The lowest BCUT2D eigenvalue weighted by Gasteiger charge is -2.31. The summed E-state index contributed by atoms with van der Waals surface area (Å²) >= 11 is 0. The predicted molar refractivity (Wildman–Crippen MR) is 104 cm³/mol. The van der Waals surface area contributed by atoms with Gasteiger partial charge in [0, 0.05) is 24.6 Å². The van der Waals surface area contributed by atoms with Crippen molar-refractivity contribution in [2.24, 2.45) is 5.92 Å². The smallest absolute Gasteiger partial charge is 0.226 e. The minimum absolute atomic E-state index is 0.0253. The van der Waals surface area contributed by atoms with Crippen molar-refractivity contribution in [1.29, 1.82) is 0 Å². The van der Waals surface area contributed by atoms with Crippen LogP contribution in [0.3, 0.4) is 0 Å². The summed E-state index contributed by atoms with van der Waals surface area (Å²) in [6.07, 6.45) is 3.97. The predicted octanol–water partition coefficient (Wildman–Crippen LogP) is 3.68. The molecular formula is C23H25NO3. The molecule has 1 saturated heterocycles. The molecule has 0 aromatic heterocycles. The quantitative estimate of drug-likeness (QED) is 0.779. The highest BCUT2D eigenvalue weighted by Crippen LogP contribution is 2.26. The molecule has 4 rings (SSSR count). The average Bonchev–Trinajstić information content (AvgIpc) is 2.74. The van der Waals surface area contributed by atoms with Crippen molar-refractivity contribution in [1.82, 2.24) is 4.90 Å². The number of carbonyl (C=O) groups excluding carboxylic acids is 2. The second kappa shape index (κ2) is 7.95. The van der Waals surface area contributed by atoms with Gasteiger partial charge in [0.05, 0.1) is 13.0 Å². The Labute approximate surface area is 160 Å². The molecule has 27 heavy (non-hydrogen) atoms. The van der Waals surface area contributed by atoms with Gasteiger partial charge in [-0.1, -0.05) is 42.5 Å². The molecule has 0 radical (unpaired) electrons. The highest BCUT2D eigenvalue weighted by atomic mass is 16.5. The van der Waals surface area contributed by atoms with Crippen LogP contribution >= 0.6 is 0 Å². The number of likely N-dealkylation sites (tertiary alicyclic amines) is 1. The Morgan fingerprint density at radius 2 is 1.81 bits per heavy atom. The Morgan fingerprint density at radius 1 is 1.04 bits per heavy atom. The van der Waals surface area contributed by atoms with E-state index in [1.165, 1.54) is 5.56 Å². The van der Waals surface area contributed by atoms with Crippen LogP contribution in [0.2, 0.25) is 0 Å². The Balaban J connectivity index is 1.33. The minimum atomic E-state index is 0.0253. The number of ketones is 1. The molecule has 0 aliphatic carbocycles. The summed E-state index contributed by atoms with van der Waals surface area (Å²) in [5.74, 6) is 1.34. The number of rotatable bonds is 4. The zero-order valence-electron chi connectivity index (χ0n) is 15.5. The third-order valence-corrected chi connectivity index (χ3v) is 5.61. The van der Waals surface area contributed by atoms with Crippen LogP contribution < -0.4 is 4.74 Å². The molecular weight excluding hydrogens is 338 g/mol. The van der Waals surface area contributed by atoms with Gasteiger partial charge in [-0.15, -0.1) is 0 Å². The largest absolute Gasteiger partial charge is 0.493 e. The van der Waals surface area contributed by atoms with E-state index < -0.39 is 0 Å². The number of nitrogens with zero attached hydrogens (tertiary/aromatic N) is 1. The first-order valence-electron chi connectivity index (χ1n) is 9.82. The third-order valence-electron chi connectivity index (χ3n) is 5.61. The molecule has 0 bridgehead atoms. The first kappa shape index (κ1) is 17.8. The second-order valence-electron chi connectivity index (χ2n) is 7.46. The topological polar surface area (TPSA) is 46.6 Å². The molecule has 2 aromatic rings. The minimum Gasteiger partial charge on any atom is -0.493 e. The summed E-state index contributed by atoms with van der Waals surface area (Å²) in [5, 5.41) is 0. The van der Waals surface area contributed by atoms with Crippen molar-refractivity contribution in [2.45, 2.75) is 32.1 Å². The van der Waals surface area contributed by atoms with Gasteiger partial charge in [-0.25, -0.2) is 0 Å². The maximum Gasteiger partial charge on any atom is 0.226 e. The molecule has 2 aliphatic rings. The Hall–Kier alpha value is -2.62. The molecule has 0 atom stereocenters. The van der Waals surface area contributed by atoms with E-state index in [2.05, 4.69) is 6.07 Å². The number of aryl methyl sites for hydroxylation is 1. The standard InChI is InChI=1S/C23H25NO3/c25-22(16-17-8-9-21-20(15-17)7-4-14-27-21)24-12-10-19(11-13-24)23(26)18-5-2-1-3-6-18/h1-3,5-6,8-9,15,19H,4,7,10-14,16H2. The molecule has 2 heterocycles. The molecule has 0 saturated carbocycles. The lowest BCUT2D eigenvalue weighted by atomic mass is 9.88. The van der Waals surface area contributed by atoms with E-state index in [-0.39, 0.29) is 17.6 Å². The molecule has 1 fully saturated rings. The molecule has 140 valence electrons. The fourth-order valence-electron chi connectivity index (χ4n) is 4.04. The van der Waals surface area contributed by atoms with Crippen LogP contribution in [-0.4, -0.2) is 36.3 Å². The van der Waals surface area contributed by atoms with Crippen molar-refractivity contribution in [2.75, 3.05) is 19.7 Å². The maximum absolute atomic E-state index is 12.7. The molecule has 1 amide bonds. The summed E-state index contributed by atoms with van der Waals surface area (Å²) < 4.78 is 5.64. The van der Waals surface area contributed by atoms with Gasteiger partial charge in [0.25, 0.3) is 0 Å². The number of amides is 1. The van der Waals surface area contributed by atoms with Gasteiger partial charge in [-0.3, -0.25) is 9.59 Å². The number of piperidine rings is 1. The van der Waals surface area contributed by atoms with Crippen molar-refractivity contribution in [3.05, 3.63) is 65.2 Å². The zero-order chi connectivity index (χ0) is 18.6. The summed E-state index contributed by atoms with van der Waals surface area (Å²) in [6, 6.07) is 15.6. The van der Waals surface area contributed by atoms with Gasteiger partial charge in [-0.05, 0) is 42.9 Å². The van der Waals surface area contributed by atoms with E-state index in [0.29, 0.717) is 19.5 Å². The fourth-order valence-corrected chi connectivity index (χ4v) is 4.04. The summed E-state index contributed by atoms with van der Waals surface area (Å²) in [6.45, 7) is 2.11. The SMILES string of the molecule is O=C(c1ccccc1)C1CCN(C(=O)Cc2ccc3c(c2)CCCO3)CC1. The number of ether oxygens (including phenoxy) is 1. The number of hydrogen-bond acceptors (Lipinski definition) is 3. The molecule has 2 aromatic carbocycles. The highest BCUT2D eigenvalue weighted by molar-refractivity contribution is 5.98. The molecule has 4 heteroatoms. The van der Waals surface area contributed by atoms with E-state index >= 15 is 0 Å². The summed E-state index contributed by atoms with van der Waals surface area (Å²) in [7, 11) is 0. The van der Waals surface area contributed by atoms with Gasteiger partial charge >= 0.3 is 0 Å². The zero-order valence-corrected chi connectivity index (χ0v) is 15.5. The molecule has 0 unspecified atom stereocenters. The van der Waals surface area contributed by atoms with Crippen molar-refractivity contribution >= 4 is 11.7 Å². The first-order valence-corrected chi connectivity index (χ1v) is 9.82. The molecule has 0 spiro atoms. The normalized spacial score (nSPS) is 17.1. The van der Waals surface area contributed by atoms with Gasteiger partial charge < -0.3 is 9.64 Å². The first-order chi connectivity index (χ1) is 13.2. The Bertz CT molecular complexity index is 823. The van der Waals surface area contributed by atoms with Gasteiger partial charge in [-0.2, -0.15) is 0 Å². The second-order valence-corrected chi connectivity index (χ2v) is 7.46. The average molecular weight is 363 g/mol. The van der Waals surface area contributed by atoms with Crippen molar-refractivity contribution in [3.63, 3.8) is 0 Å². The van der Waals surface area contributed by atoms with Crippen LogP contribution in [0, 0.1) is 5.92 Å².